The number of nitrogens with one attached hydrogen (secondary N) is 1. The Hall–Kier alpha value is -2.10. The molecule has 1 aromatic heterocycles. The molecule has 1 amide bonds. The molecular formula is C17H20N2O2. The Labute approximate surface area is 124 Å². The van der Waals surface area contributed by atoms with Crippen molar-refractivity contribution in [3.63, 3.8) is 0 Å². The minimum Gasteiger partial charge on any atom is -0.364 e. The molecule has 4 heteroatoms. The molecule has 0 spiro atoms. The topological polar surface area (TPSA) is 55.1 Å². The molecule has 1 aliphatic rings. The zero-order chi connectivity index (χ0) is 14.7. The Balaban J connectivity index is 1.59. The average molecular weight is 284 g/mol. The third kappa shape index (κ3) is 3.72. The molecule has 2 aromatic rings. The molecule has 0 atom stereocenters. The fraction of sp³-hybridized carbons (Fsp3) is 0.412. The van der Waals surface area contributed by atoms with Crippen LogP contribution in [0.3, 0.4) is 0 Å². The summed E-state index contributed by atoms with van der Waals surface area (Å²) in [6, 6.07) is 8.17. The Morgan fingerprint density at radius 2 is 2.10 bits per heavy atom. The van der Waals surface area contributed by atoms with Gasteiger partial charge in [-0.3, -0.25) is 4.79 Å². The zero-order valence-corrected chi connectivity index (χ0v) is 12.3. The highest BCUT2D eigenvalue weighted by molar-refractivity contribution is 5.76. The second-order valence-corrected chi connectivity index (χ2v) is 5.80. The highest BCUT2D eigenvalue weighted by atomic mass is 16.5. The van der Waals surface area contributed by atoms with Gasteiger partial charge in [-0.15, -0.1) is 0 Å². The number of carbonyl (C=O) groups is 1. The number of benzene rings is 1. The van der Waals surface area contributed by atoms with Crippen molar-refractivity contribution < 1.29 is 9.32 Å². The van der Waals surface area contributed by atoms with Crippen LogP contribution >= 0.6 is 0 Å². The van der Waals surface area contributed by atoms with Gasteiger partial charge >= 0.3 is 0 Å². The highest BCUT2D eigenvalue weighted by Gasteiger charge is 2.21. The molecule has 1 N–H and O–H groups in total. The Morgan fingerprint density at radius 3 is 2.81 bits per heavy atom. The summed E-state index contributed by atoms with van der Waals surface area (Å²) in [5, 5.41) is 7.06. The van der Waals surface area contributed by atoms with Crippen molar-refractivity contribution in [3.8, 4) is 11.3 Å². The van der Waals surface area contributed by atoms with Crippen molar-refractivity contribution >= 4 is 5.91 Å². The second kappa shape index (κ2) is 6.12. The van der Waals surface area contributed by atoms with Gasteiger partial charge in [0.05, 0.1) is 0 Å². The standard InChI is InChI=1S/C17H20N2O2/c1-12-2-6-14(7-3-12)17-15(11-21-19-17)8-9-16(20)18-10-13-4-5-13/h2-3,6-7,11,13H,4-5,8-10H2,1H3,(H,18,20). The summed E-state index contributed by atoms with van der Waals surface area (Å²) in [6.45, 7) is 2.88. The van der Waals surface area contributed by atoms with Gasteiger partial charge in [0.25, 0.3) is 0 Å². The first-order chi connectivity index (χ1) is 10.2. The van der Waals surface area contributed by atoms with E-state index in [-0.39, 0.29) is 5.91 Å². The van der Waals surface area contributed by atoms with E-state index >= 15 is 0 Å². The maximum Gasteiger partial charge on any atom is 0.220 e. The number of hydrogen-bond acceptors (Lipinski definition) is 3. The first kappa shape index (κ1) is 13.9. The molecule has 1 aromatic carbocycles. The lowest BCUT2D eigenvalue weighted by Crippen LogP contribution is -2.25. The summed E-state index contributed by atoms with van der Waals surface area (Å²) >= 11 is 0. The van der Waals surface area contributed by atoms with Gasteiger partial charge in [-0.1, -0.05) is 35.0 Å². The number of aryl methyl sites for hydroxylation is 2. The highest BCUT2D eigenvalue weighted by Crippen LogP contribution is 2.27. The van der Waals surface area contributed by atoms with Crippen LogP contribution in [-0.4, -0.2) is 17.6 Å². The van der Waals surface area contributed by atoms with E-state index in [4.69, 9.17) is 4.52 Å². The van der Waals surface area contributed by atoms with Gasteiger partial charge in [0, 0.05) is 24.1 Å². The van der Waals surface area contributed by atoms with Gasteiger partial charge in [-0.05, 0) is 32.1 Å². The van der Waals surface area contributed by atoms with Crippen LogP contribution in [-0.2, 0) is 11.2 Å². The molecule has 110 valence electrons. The summed E-state index contributed by atoms with van der Waals surface area (Å²) in [7, 11) is 0. The summed E-state index contributed by atoms with van der Waals surface area (Å²) in [5.41, 5.74) is 4.07. The minimum absolute atomic E-state index is 0.109. The summed E-state index contributed by atoms with van der Waals surface area (Å²) < 4.78 is 5.09. The average Bonchev–Trinajstić information content (AvgIpc) is 3.20. The first-order valence-corrected chi connectivity index (χ1v) is 7.49. The van der Waals surface area contributed by atoms with Gasteiger partial charge in [0.2, 0.25) is 5.91 Å². The third-order valence-corrected chi connectivity index (χ3v) is 3.87. The largest absolute Gasteiger partial charge is 0.364 e. The summed E-state index contributed by atoms with van der Waals surface area (Å²) in [5.74, 6) is 0.825. The predicted molar refractivity (Wildman–Crippen MR) is 80.7 cm³/mol. The van der Waals surface area contributed by atoms with Crippen LogP contribution in [0.1, 0.15) is 30.4 Å². The Kier molecular flexibility index (Phi) is 4.04. The van der Waals surface area contributed by atoms with Crippen LogP contribution in [0.5, 0.6) is 0 Å². The van der Waals surface area contributed by atoms with Crippen molar-refractivity contribution in [3.05, 3.63) is 41.7 Å². The molecular weight excluding hydrogens is 264 g/mol. The van der Waals surface area contributed by atoms with Crippen molar-refractivity contribution in [2.75, 3.05) is 6.54 Å². The van der Waals surface area contributed by atoms with Gasteiger partial charge in [-0.2, -0.15) is 0 Å². The Bertz CT molecular complexity index is 612. The second-order valence-electron chi connectivity index (χ2n) is 5.80. The smallest absolute Gasteiger partial charge is 0.220 e. The Morgan fingerprint density at radius 1 is 1.33 bits per heavy atom. The van der Waals surface area contributed by atoms with E-state index in [9.17, 15) is 4.79 Å². The maximum absolute atomic E-state index is 11.8. The molecule has 1 fully saturated rings. The number of aromatic nitrogens is 1. The molecule has 0 radical (unpaired) electrons. The third-order valence-electron chi connectivity index (χ3n) is 3.87. The van der Waals surface area contributed by atoms with Crippen LogP contribution in [0.25, 0.3) is 11.3 Å². The monoisotopic (exact) mass is 284 g/mol. The van der Waals surface area contributed by atoms with Crippen LogP contribution in [0.2, 0.25) is 0 Å². The van der Waals surface area contributed by atoms with Crippen molar-refractivity contribution in [2.24, 2.45) is 5.92 Å². The van der Waals surface area contributed by atoms with Gasteiger partial charge < -0.3 is 9.84 Å². The lowest BCUT2D eigenvalue weighted by Gasteiger charge is -2.04. The molecule has 0 aliphatic heterocycles. The number of amides is 1. The quantitative estimate of drug-likeness (QED) is 0.886. The van der Waals surface area contributed by atoms with Gasteiger partial charge in [0.15, 0.2) is 0 Å². The van der Waals surface area contributed by atoms with E-state index in [1.165, 1.54) is 18.4 Å². The summed E-state index contributed by atoms with van der Waals surface area (Å²) in [6.07, 6.45) is 5.28. The molecule has 0 bridgehead atoms. The molecule has 0 unspecified atom stereocenters. The first-order valence-electron chi connectivity index (χ1n) is 7.49. The fourth-order valence-corrected chi connectivity index (χ4v) is 2.30. The van der Waals surface area contributed by atoms with E-state index < -0.39 is 0 Å². The predicted octanol–water partition coefficient (Wildman–Crippen LogP) is 3.11. The minimum atomic E-state index is 0.109. The van der Waals surface area contributed by atoms with Gasteiger partial charge in [0.1, 0.15) is 12.0 Å². The fourth-order valence-electron chi connectivity index (χ4n) is 2.30. The molecule has 3 rings (SSSR count). The van der Waals surface area contributed by atoms with Crippen LogP contribution in [0.15, 0.2) is 35.1 Å². The van der Waals surface area contributed by atoms with Crippen LogP contribution in [0.4, 0.5) is 0 Å². The molecule has 4 nitrogen and oxygen atoms in total. The number of hydrogen-bond donors (Lipinski definition) is 1. The van der Waals surface area contributed by atoms with Crippen molar-refractivity contribution in [1.82, 2.24) is 10.5 Å². The number of nitrogens with zero attached hydrogens (tertiary/aromatic N) is 1. The molecule has 1 saturated carbocycles. The van der Waals surface area contributed by atoms with E-state index in [1.807, 2.05) is 12.1 Å². The van der Waals surface area contributed by atoms with E-state index in [2.05, 4.69) is 29.5 Å². The molecule has 21 heavy (non-hydrogen) atoms. The van der Waals surface area contributed by atoms with E-state index in [0.717, 1.165) is 23.4 Å². The zero-order valence-electron chi connectivity index (χ0n) is 12.3. The van der Waals surface area contributed by atoms with Gasteiger partial charge in [-0.25, -0.2) is 0 Å². The van der Waals surface area contributed by atoms with Crippen LogP contribution in [0, 0.1) is 12.8 Å². The molecule has 1 heterocycles. The van der Waals surface area contributed by atoms with Crippen molar-refractivity contribution in [1.29, 1.82) is 0 Å². The maximum atomic E-state index is 11.8. The normalized spacial score (nSPS) is 14.1. The summed E-state index contributed by atoms with van der Waals surface area (Å²) in [4.78, 5) is 11.8. The van der Waals surface area contributed by atoms with E-state index in [0.29, 0.717) is 18.8 Å². The van der Waals surface area contributed by atoms with Crippen molar-refractivity contribution in [2.45, 2.75) is 32.6 Å². The van der Waals surface area contributed by atoms with E-state index in [1.54, 1.807) is 6.26 Å². The molecule has 1 aliphatic carbocycles. The van der Waals surface area contributed by atoms with Crippen LogP contribution < -0.4 is 5.32 Å². The number of rotatable bonds is 6. The number of carbonyl (C=O) groups excluding carboxylic acids is 1. The lowest BCUT2D eigenvalue weighted by atomic mass is 10.0. The SMILES string of the molecule is Cc1ccc(-c2nocc2CCC(=O)NCC2CC2)cc1. The lowest BCUT2D eigenvalue weighted by molar-refractivity contribution is -0.121. The molecule has 0 saturated heterocycles.